The van der Waals surface area contributed by atoms with E-state index >= 15 is 0 Å². The molecule has 0 saturated carbocycles. The monoisotopic (exact) mass is 339 g/mol. The van der Waals surface area contributed by atoms with E-state index in [1.165, 1.54) is 18.2 Å². The standard InChI is InChI=1S/C16H15F2NO3S/c1-10(11-6-8-12(9-7-11)23(2,21)22)19-16(20)15-13(17)4-3-5-14(15)18/h3-10H,1-2H3,(H,19,20). The predicted octanol–water partition coefficient (Wildman–Crippen LogP) is 2.86. The van der Waals surface area contributed by atoms with E-state index in [1.54, 1.807) is 19.1 Å². The Bertz CT molecular complexity index is 813. The molecule has 23 heavy (non-hydrogen) atoms. The average Bonchev–Trinajstić information content (AvgIpc) is 2.46. The third-order valence-corrected chi connectivity index (χ3v) is 4.47. The van der Waals surface area contributed by atoms with Crippen LogP contribution in [0.5, 0.6) is 0 Å². The molecule has 122 valence electrons. The van der Waals surface area contributed by atoms with E-state index in [0.717, 1.165) is 18.4 Å². The summed E-state index contributed by atoms with van der Waals surface area (Å²) < 4.78 is 49.9. The number of hydrogen-bond acceptors (Lipinski definition) is 3. The number of halogens is 2. The molecule has 0 saturated heterocycles. The summed E-state index contributed by atoms with van der Waals surface area (Å²) in [6, 6.07) is 8.55. The van der Waals surface area contributed by atoms with Crippen molar-refractivity contribution in [1.82, 2.24) is 5.32 Å². The third-order valence-electron chi connectivity index (χ3n) is 3.35. The van der Waals surface area contributed by atoms with Crippen molar-refractivity contribution in [1.29, 1.82) is 0 Å². The van der Waals surface area contributed by atoms with Gasteiger partial charge in [-0.3, -0.25) is 4.79 Å². The number of carbonyl (C=O) groups is 1. The summed E-state index contributed by atoms with van der Waals surface area (Å²) in [4.78, 5) is 12.2. The second kappa shape index (κ2) is 6.45. The highest BCUT2D eigenvalue weighted by atomic mass is 32.2. The second-order valence-electron chi connectivity index (χ2n) is 5.13. The maximum Gasteiger partial charge on any atom is 0.257 e. The minimum Gasteiger partial charge on any atom is -0.345 e. The topological polar surface area (TPSA) is 63.2 Å². The van der Waals surface area contributed by atoms with Gasteiger partial charge in [-0.15, -0.1) is 0 Å². The van der Waals surface area contributed by atoms with Gasteiger partial charge in [0.2, 0.25) is 0 Å². The lowest BCUT2D eigenvalue weighted by molar-refractivity contribution is 0.0931. The van der Waals surface area contributed by atoms with Gasteiger partial charge in [-0.2, -0.15) is 0 Å². The van der Waals surface area contributed by atoms with Gasteiger partial charge in [0.25, 0.3) is 5.91 Å². The number of amides is 1. The number of nitrogens with one attached hydrogen (secondary N) is 1. The largest absolute Gasteiger partial charge is 0.345 e. The molecular weight excluding hydrogens is 324 g/mol. The van der Waals surface area contributed by atoms with Crippen LogP contribution in [0.4, 0.5) is 8.78 Å². The Morgan fingerprint density at radius 2 is 1.57 bits per heavy atom. The van der Waals surface area contributed by atoms with Crippen molar-refractivity contribution in [2.75, 3.05) is 6.26 Å². The molecule has 0 bridgehead atoms. The molecule has 1 amide bonds. The zero-order valence-electron chi connectivity index (χ0n) is 12.5. The smallest absolute Gasteiger partial charge is 0.257 e. The Morgan fingerprint density at radius 3 is 2.04 bits per heavy atom. The number of sulfone groups is 1. The minimum absolute atomic E-state index is 0.153. The van der Waals surface area contributed by atoms with Crippen LogP contribution >= 0.6 is 0 Å². The molecule has 1 atom stereocenters. The Hall–Kier alpha value is -2.28. The summed E-state index contributed by atoms with van der Waals surface area (Å²) in [7, 11) is -3.31. The first kappa shape index (κ1) is 17.1. The summed E-state index contributed by atoms with van der Waals surface area (Å²) in [6.07, 6.45) is 1.09. The van der Waals surface area contributed by atoms with E-state index in [9.17, 15) is 22.0 Å². The fraction of sp³-hybridized carbons (Fsp3) is 0.188. The van der Waals surface area contributed by atoms with Gasteiger partial charge in [0.1, 0.15) is 17.2 Å². The van der Waals surface area contributed by atoms with Crippen LogP contribution in [-0.4, -0.2) is 20.6 Å². The molecule has 0 radical (unpaired) electrons. The van der Waals surface area contributed by atoms with E-state index in [1.807, 2.05) is 0 Å². The quantitative estimate of drug-likeness (QED) is 0.932. The molecule has 7 heteroatoms. The van der Waals surface area contributed by atoms with Gasteiger partial charge >= 0.3 is 0 Å². The number of hydrogen-bond donors (Lipinski definition) is 1. The van der Waals surface area contributed by atoms with Crippen LogP contribution in [0.2, 0.25) is 0 Å². The fourth-order valence-electron chi connectivity index (χ4n) is 2.07. The van der Waals surface area contributed by atoms with Crippen LogP contribution in [0.1, 0.15) is 28.9 Å². The molecule has 1 N–H and O–H groups in total. The molecule has 0 aliphatic heterocycles. The zero-order chi connectivity index (χ0) is 17.2. The molecular formula is C16H15F2NO3S. The molecule has 0 aliphatic rings. The van der Waals surface area contributed by atoms with Gasteiger partial charge < -0.3 is 5.32 Å². The Balaban J connectivity index is 2.19. The Labute approximate surface area is 133 Å². The zero-order valence-corrected chi connectivity index (χ0v) is 13.3. The first-order valence-electron chi connectivity index (χ1n) is 6.75. The van der Waals surface area contributed by atoms with Crippen molar-refractivity contribution < 1.29 is 22.0 Å². The molecule has 0 heterocycles. The number of carbonyl (C=O) groups excluding carboxylic acids is 1. The Kier molecular flexibility index (Phi) is 4.79. The van der Waals surface area contributed by atoms with Crippen LogP contribution in [-0.2, 0) is 9.84 Å². The van der Waals surface area contributed by atoms with E-state index in [2.05, 4.69) is 5.32 Å². The highest BCUT2D eigenvalue weighted by Crippen LogP contribution is 2.18. The minimum atomic E-state index is -3.31. The van der Waals surface area contributed by atoms with Crippen molar-refractivity contribution in [2.24, 2.45) is 0 Å². The lowest BCUT2D eigenvalue weighted by Gasteiger charge is -2.15. The maximum atomic E-state index is 13.6. The van der Waals surface area contributed by atoms with Crippen molar-refractivity contribution in [3.8, 4) is 0 Å². The van der Waals surface area contributed by atoms with Crippen molar-refractivity contribution in [2.45, 2.75) is 17.9 Å². The lowest BCUT2D eigenvalue weighted by atomic mass is 10.1. The molecule has 2 rings (SSSR count). The normalized spacial score (nSPS) is 12.7. The van der Waals surface area contributed by atoms with E-state index in [0.29, 0.717) is 5.56 Å². The molecule has 2 aromatic rings. The van der Waals surface area contributed by atoms with E-state index in [-0.39, 0.29) is 4.90 Å². The second-order valence-corrected chi connectivity index (χ2v) is 7.15. The van der Waals surface area contributed by atoms with E-state index < -0.39 is 39.0 Å². The van der Waals surface area contributed by atoms with Crippen molar-refractivity contribution >= 4 is 15.7 Å². The highest BCUT2D eigenvalue weighted by Gasteiger charge is 2.19. The van der Waals surface area contributed by atoms with Crippen molar-refractivity contribution in [3.63, 3.8) is 0 Å². The van der Waals surface area contributed by atoms with Gasteiger partial charge in [-0.25, -0.2) is 17.2 Å². The van der Waals surface area contributed by atoms with Crippen LogP contribution < -0.4 is 5.32 Å². The summed E-state index contributed by atoms with van der Waals surface area (Å²) in [5.74, 6) is -2.76. The van der Waals surface area contributed by atoms with Gasteiger partial charge in [0, 0.05) is 6.26 Å². The molecule has 0 aromatic heterocycles. The van der Waals surface area contributed by atoms with Crippen LogP contribution in [0.15, 0.2) is 47.4 Å². The molecule has 0 spiro atoms. The summed E-state index contributed by atoms with van der Waals surface area (Å²) in [5.41, 5.74) is -0.0328. The van der Waals surface area contributed by atoms with Crippen LogP contribution in [0.25, 0.3) is 0 Å². The third kappa shape index (κ3) is 3.92. The SMILES string of the molecule is CC(NC(=O)c1c(F)cccc1F)c1ccc(S(C)(=O)=O)cc1. The fourth-order valence-corrected chi connectivity index (χ4v) is 2.70. The summed E-state index contributed by atoms with van der Waals surface area (Å²) >= 11 is 0. The van der Waals surface area contributed by atoms with Crippen LogP contribution in [0, 0.1) is 11.6 Å². The van der Waals surface area contributed by atoms with Crippen LogP contribution in [0.3, 0.4) is 0 Å². The molecule has 0 fully saturated rings. The first-order valence-corrected chi connectivity index (χ1v) is 8.64. The predicted molar refractivity (Wildman–Crippen MR) is 81.8 cm³/mol. The lowest BCUT2D eigenvalue weighted by Crippen LogP contribution is -2.28. The highest BCUT2D eigenvalue weighted by molar-refractivity contribution is 7.90. The Morgan fingerprint density at radius 1 is 1.04 bits per heavy atom. The first-order chi connectivity index (χ1) is 10.7. The van der Waals surface area contributed by atoms with Gasteiger partial charge in [0.05, 0.1) is 10.9 Å². The van der Waals surface area contributed by atoms with Gasteiger partial charge in [-0.1, -0.05) is 18.2 Å². The van der Waals surface area contributed by atoms with E-state index in [4.69, 9.17) is 0 Å². The molecule has 4 nitrogen and oxygen atoms in total. The average molecular weight is 339 g/mol. The van der Waals surface area contributed by atoms with Gasteiger partial charge in [0.15, 0.2) is 9.84 Å². The van der Waals surface area contributed by atoms with Crippen molar-refractivity contribution in [3.05, 3.63) is 65.2 Å². The number of benzene rings is 2. The van der Waals surface area contributed by atoms with Gasteiger partial charge in [-0.05, 0) is 36.8 Å². The molecule has 2 aromatic carbocycles. The maximum absolute atomic E-state index is 13.6. The summed E-state index contributed by atoms with van der Waals surface area (Å²) in [6.45, 7) is 1.63. The molecule has 1 unspecified atom stereocenters. The summed E-state index contributed by atoms with van der Waals surface area (Å²) in [5, 5.41) is 2.48. The molecule has 0 aliphatic carbocycles. The number of rotatable bonds is 4.